The van der Waals surface area contributed by atoms with E-state index in [1.807, 2.05) is 31.2 Å². The Bertz CT molecular complexity index is 374. The highest BCUT2D eigenvalue weighted by molar-refractivity contribution is 5.79. The molecule has 0 heterocycles. The number of hydrogen-bond acceptors (Lipinski definition) is 3. The minimum atomic E-state index is -0.243. The smallest absolute Gasteiger partial charge is 0.313 e. The fraction of sp³-hybridized carbons (Fsp3) is 0.533. The maximum atomic E-state index is 11.7. The van der Waals surface area contributed by atoms with Crippen LogP contribution in [-0.2, 0) is 9.53 Å². The van der Waals surface area contributed by atoms with Crippen molar-refractivity contribution in [1.29, 1.82) is 0 Å². The second-order valence-corrected chi connectivity index (χ2v) is 4.22. The van der Waals surface area contributed by atoms with Crippen LogP contribution in [0.1, 0.15) is 44.6 Å². The van der Waals surface area contributed by atoms with E-state index >= 15 is 0 Å². The Morgan fingerprint density at radius 3 is 2.61 bits per heavy atom. The fourth-order valence-corrected chi connectivity index (χ4v) is 1.88. The van der Waals surface area contributed by atoms with E-state index < -0.39 is 0 Å². The van der Waals surface area contributed by atoms with Gasteiger partial charge in [0.1, 0.15) is 5.75 Å². The van der Waals surface area contributed by atoms with E-state index in [0.717, 1.165) is 24.2 Å². The molecule has 0 aliphatic rings. The van der Waals surface area contributed by atoms with Crippen LogP contribution in [-0.4, -0.2) is 19.7 Å². The standard InChI is InChI=1S/C15H22O3/c1-4-6-11-18-14-10-8-7-9-13(14)12(5-2)15(16)17-3/h7-10,12H,4-6,11H2,1-3H3. The van der Waals surface area contributed by atoms with E-state index in [4.69, 9.17) is 9.47 Å². The van der Waals surface area contributed by atoms with Crippen molar-refractivity contribution in [3.8, 4) is 5.75 Å². The van der Waals surface area contributed by atoms with Gasteiger partial charge >= 0.3 is 5.97 Å². The first-order valence-electron chi connectivity index (χ1n) is 6.54. The van der Waals surface area contributed by atoms with Crippen molar-refractivity contribution in [1.82, 2.24) is 0 Å². The third kappa shape index (κ3) is 3.76. The van der Waals surface area contributed by atoms with Crippen LogP contribution in [0.3, 0.4) is 0 Å². The molecule has 1 unspecified atom stereocenters. The number of ether oxygens (including phenoxy) is 2. The monoisotopic (exact) mass is 250 g/mol. The molecule has 1 atom stereocenters. The normalized spacial score (nSPS) is 11.9. The predicted molar refractivity (Wildman–Crippen MR) is 71.9 cm³/mol. The molecule has 0 spiro atoms. The summed E-state index contributed by atoms with van der Waals surface area (Å²) in [5, 5.41) is 0. The average molecular weight is 250 g/mol. The Labute approximate surface area is 109 Å². The third-order valence-electron chi connectivity index (χ3n) is 2.94. The number of esters is 1. The molecule has 0 fully saturated rings. The van der Waals surface area contributed by atoms with Crippen LogP contribution in [0.15, 0.2) is 24.3 Å². The molecule has 0 aromatic heterocycles. The Kier molecular flexibility index (Phi) is 6.26. The maximum Gasteiger partial charge on any atom is 0.313 e. The minimum absolute atomic E-state index is 0.205. The fourth-order valence-electron chi connectivity index (χ4n) is 1.88. The van der Waals surface area contributed by atoms with Crippen molar-refractivity contribution in [3.63, 3.8) is 0 Å². The zero-order valence-electron chi connectivity index (χ0n) is 11.4. The number of hydrogen-bond donors (Lipinski definition) is 0. The van der Waals surface area contributed by atoms with Gasteiger partial charge in [0.25, 0.3) is 0 Å². The molecule has 18 heavy (non-hydrogen) atoms. The van der Waals surface area contributed by atoms with E-state index in [9.17, 15) is 4.79 Å². The van der Waals surface area contributed by atoms with E-state index in [0.29, 0.717) is 13.0 Å². The summed E-state index contributed by atoms with van der Waals surface area (Å²) in [5.41, 5.74) is 0.919. The van der Waals surface area contributed by atoms with Gasteiger partial charge in [0, 0.05) is 5.56 Å². The minimum Gasteiger partial charge on any atom is -0.493 e. The number of benzene rings is 1. The lowest BCUT2D eigenvalue weighted by atomic mass is 9.96. The number of para-hydroxylation sites is 1. The lowest BCUT2D eigenvalue weighted by molar-refractivity contribution is -0.142. The molecule has 0 bridgehead atoms. The number of rotatable bonds is 7. The summed E-state index contributed by atoms with van der Waals surface area (Å²) >= 11 is 0. The molecule has 3 nitrogen and oxygen atoms in total. The number of unbranched alkanes of at least 4 members (excludes halogenated alkanes) is 1. The van der Waals surface area contributed by atoms with Gasteiger partial charge < -0.3 is 9.47 Å². The van der Waals surface area contributed by atoms with Crippen molar-refractivity contribution in [3.05, 3.63) is 29.8 Å². The second-order valence-electron chi connectivity index (χ2n) is 4.22. The Morgan fingerprint density at radius 1 is 1.28 bits per heavy atom. The van der Waals surface area contributed by atoms with Crippen LogP contribution in [0.2, 0.25) is 0 Å². The number of carbonyl (C=O) groups excluding carboxylic acids is 1. The topological polar surface area (TPSA) is 35.5 Å². The van der Waals surface area contributed by atoms with Crippen LogP contribution in [0, 0.1) is 0 Å². The Balaban J connectivity index is 2.88. The SMILES string of the molecule is CCCCOc1ccccc1C(CC)C(=O)OC. The Morgan fingerprint density at radius 2 is 2.00 bits per heavy atom. The summed E-state index contributed by atoms with van der Waals surface area (Å²) in [6, 6.07) is 7.70. The molecule has 0 radical (unpaired) electrons. The van der Waals surface area contributed by atoms with Gasteiger partial charge in [-0.1, -0.05) is 38.5 Å². The highest BCUT2D eigenvalue weighted by Crippen LogP contribution is 2.30. The van der Waals surface area contributed by atoms with Crippen molar-refractivity contribution < 1.29 is 14.3 Å². The van der Waals surface area contributed by atoms with Gasteiger partial charge in [-0.05, 0) is 18.9 Å². The first-order chi connectivity index (χ1) is 8.74. The lowest BCUT2D eigenvalue weighted by Crippen LogP contribution is -2.14. The van der Waals surface area contributed by atoms with Crippen LogP contribution in [0.25, 0.3) is 0 Å². The van der Waals surface area contributed by atoms with Gasteiger partial charge in [-0.25, -0.2) is 0 Å². The first-order valence-corrected chi connectivity index (χ1v) is 6.54. The molecule has 0 aliphatic heterocycles. The molecule has 0 saturated carbocycles. The Hall–Kier alpha value is -1.51. The zero-order chi connectivity index (χ0) is 13.4. The van der Waals surface area contributed by atoms with Crippen LogP contribution in [0.4, 0.5) is 0 Å². The van der Waals surface area contributed by atoms with Gasteiger partial charge in [-0.2, -0.15) is 0 Å². The number of carbonyl (C=O) groups is 1. The first kappa shape index (κ1) is 14.6. The molecular formula is C15H22O3. The van der Waals surface area contributed by atoms with Crippen molar-refractivity contribution in [2.24, 2.45) is 0 Å². The van der Waals surface area contributed by atoms with Gasteiger partial charge in [0.2, 0.25) is 0 Å². The predicted octanol–water partition coefficient (Wildman–Crippen LogP) is 3.53. The van der Waals surface area contributed by atoms with Gasteiger partial charge in [0.05, 0.1) is 19.6 Å². The molecule has 1 rings (SSSR count). The maximum absolute atomic E-state index is 11.7. The highest BCUT2D eigenvalue weighted by atomic mass is 16.5. The van der Waals surface area contributed by atoms with Gasteiger partial charge in [-0.3, -0.25) is 4.79 Å². The summed E-state index contributed by atoms with van der Waals surface area (Å²) in [7, 11) is 1.42. The zero-order valence-corrected chi connectivity index (χ0v) is 11.4. The summed E-state index contributed by atoms with van der Waals surface area (Å²) < 4.78 is 10.6. The van der Waals surface area contributed by atoms with Crippen LogP contribution < -0.4 is 4.74 Å². The second kappa shape index (κ2) is 7.75. The molecule has 1 aromatic carbocycles. The van der Waals surface area contributed by atoms with E-state index in [-0.39, 0.29) is 11.9 Å². The summed E-state index contributed by atoms with van der Waals surface area (Å²) in [5.74, 6) is 0.347. The van der Waals surface area contributed by atoms with Crippen molar-refractivity contribution in [2.75, 3.05) is 13.7 Å². The van der Waals surface area contributed by atoms with E-state index in [1.165, 1.54) is 7.11 Å². The molecule has 0 N–H and O–H groups in total. The largest absolute Gasteiger partial charge is 0.493 e. The molecule has 0 aliphatic carbocycles. The molecule has 3 heteroatoms. The quantitative estimate of drug-likeness (QED) is 0.548. The lowest BCUT2D eigenvalue weighted by Gasteiger charge is -2.17. The third-order valence-corrected chi connectivity index (χ3v) is 2.94. The average Bonchev–Trinajstić information content (AvgIpc) is 2.41. The molecule has 100 valence electrons. The van der Waals surface area contributed by atoms with Gasteiger partial charge in [0.15, 0.2) is 0 Å². The molecule has 0 amide bonds. The molecular weight excluding hydrogens is 228 g/mol. The molecule has 0 saturated heterocycles. The van der Waals surface area contributed by atoms with Crippen molar-refractivity contribution >= 4 is 5.97 Å². The van der Waals surface area contributed by atoms with E-state index in [2.05, 4.69) is 6.92 Å². The van der Waals surface area contributed by atoms with Gasteiger partial charge in [-0.15, -0.1) is 0 Å². The van der Waals surface area contributed by atoms with Crippen LogP contribution in [0.5, 0.6) is 5.75 Å². The highest BCUT2D eigenvalue weighted by Gasteiger charge is 2.22. The summed E-state index contributed by atoms with van der Waals surface area (Å²) in [4.78, 5) is 11.7. The van der Waals surface area contributed by atoms with E-state index in [1.54, 1.807) is 0 Å². The van der Waals surface area contributed by atoms with Crippen LogP contribution >= 0.6 is 0 Å². The summed E-state index contributed by atoms with van der Waals surface area (Å²) in [6.45, 7) is 4.79. The molecule has 1 aromatic rings. The van der Waals surface area contributed by atoms with Crippen molar-refractivity contribution in [2.45, 2.75) is 39.0 Å². The number of methoxy groups -OCH3 is 1. The summed E-state index contributed by atoms with van der Waals surface area (Å²) in [6.07, 6.45) is 2.82.